The number of para-hydroxylation sites is 2. The van der Waals surface area contributed by atoms with Gasteiger partial charge < -0.3 is 15.4 Å². The van der Waals surface area contributed by atoms with Gasteiger partial charge in [0.1, 0.15) is 6.04 Å². The summed E-state index contributed by atoms with van der Waals surface area (Å²) in [5.41, 5.74) is 2.92. The summed E-state index contributed by atoms with van der Waals surface area (Å²) >= 11 is 0. The summed E-state index contributed by atoms with van der Waals surface area (Å²) in [6.45, 7) is 1.40. The second-order valence-corrected chi connectivity index (χ2v) is 6.36. The summed E-state index contributed by atoms with van der Waals surface area (Å²) in [6.07, 6.45) is 1.72. The van der Waals surface area contributed by atoms with Crippen molar-refractivity contribution in [2.75, 3.05) is 12.4 Å². The highest BCUT2D eigenvalue weighted by atomic mass is 16.5. The van der Waals surface area contributed by atoms with Crippen molar-refractivity contribution in [1.82, 2.24) is 15.3 Å². The van der Waals surface area contributed by atoms with Gasteiger partial charge in [0.2, 0.25) is 5.91 Å². The number of aromatic nitrogens is 2. The van der Waals surface area contributed by atoms with Crippen LogP contribution in [-0.2, 0) is 20.7 Å². The molecule has 0 fully saturated rings. The highest BCUT2D eigenvalue weighted by Crippen LogP contribution is 2.12. The predicted octanol–water partition coefficient (Wildman–Crippen LogP) is 2.10. The van der Waals surface area contributed by atoms with Crippen LogP contribution in [0.2, 0.25) is 0 Å². The third-order valence-electron chi connectivity index (χ3n) is 4.17. The van der Waals surface area contributed by atoms with Gasteiger partial charge in [-0.15, -0.1) is 0 Å². The number of esters is 1. The first kappa shape index (κ1) is 19.9. The molecule has 2 N–H and O–H groups in total. The third-order valence-corrected chi connectivity index (χ3v) is 4.17. The standard InChI is InChI=1S/C21H20N4O4/c1-13(26)23-15-9-7-14(8-10-15)20(27)25-19(21(28)29-2)11-16-12-22-17-5-3-4-6-18(17)24-16/h3-10,12,19H,11H2,1-2H3,(H,23,26)(H,25,27)/t19-/m1/s1. The molecule has 1 heterocycles. The number of amides is 2. The molecule has 0 bridgehead atoms. The second-order valence-electron chi connectivity index (χ2n) is 6.36. The van der Waals surface area contributed by atoms with Crippen molar-refractivity contribution < 1.29 is 19.1 Å². The molecular formula is C21H20N4O4. The Labute approximate surface area is 167 Å². The number of ether oxygens (including phenoxy) is 1. The van der Waals surface area contributed by atoms with E-state index in [0.29, 0.717) is 22.5 Å². The van der Waals surface area contributed by atoms with Crippen LogP contribution in [0.1, 0.15) is 23.0 Å². The van der Waals surface area contributed by atoms with Crippen LogP contribution in [0.15, 0.2) is 54.7 Å². The van der Waals surface area contributed by atoms with Gasteiger partial charge in [0.25, 0.3) is 5.91 Å². The van der Waals surface area contributed by atoms with Crippen LogP contribution in [0.3, 0.4) is 0 Å². The Balaban J connectivity index is 1.75. The van der Waals surface area contributed by atoms with E-state index in [1.165, 1.54) is 14.0 Å². The van der Waals surface area contributed by atoms with Crippen molar-refractivity contribution in [3.8, 4) is 0 Å². The van der Waals surface area contributed by atoms with Crippen LogP contribution in [-0.4, -0.2) is 40.9 Å². The third kappa shape index (κ3) is 5.13. The largest absolute Gasteiger partial charge is 0.467 e. The van der Waals surface area contributed by atoms with Gasteiger partial charge in [0, 0.05) is 30.8 Å². The smallest absolute Gasteiger partial charge is 0.328 e. The normalized spacial score (nSPS) is 11.5. The van der Waals surface area contributed by atoms with Crippen molar-refractivity contribution in [1.29, 1.82) is 0 Å². The van der Waals surface area contributed by atoms with Crippen LogP contribution in [0.5, 0.6) is 0 Å². The minimum Gasteiger partial charge on any atom is -0.467 e. The Morgan fingerprint density at radius 2 is 1.72 bits per heavy atom. The van der Waals surface area contributed by atoms with Crippen molar-refractivity contribution in [3.63, 3.8) is 0 Å². The summed E-state index contributed by atoms with van der Waals surface area (Å²) in [6, 6.07) is 12.8. The number of nitrogens with zero attached hydrogens (tertiary/aromatic N) is 2. The number of benzene rings is 2. The number of fused-ring (bicyclic) bond motifs is 1. The van der Waals surface area contributed by atoms with Gasteiger partial charge in [-0.3, -0.25) is 14.6 Å². The van der Waals surface area contributed by atoms with Gasteiger partial charge in [-0.2, -0.15) is 0 Å². The first-order valence-corrected chi connectivity index (χ1v) is 8.93. The maximum absolute atomic E-state index is 12.6. The lowest BCUT2D eigenvalue weighted by atomic mass is 10.1. The molecule has 0 saturated heterocycles. The molecule has 0 aliphatic heterocycles. The van der Waals surface area contributed by atoms with E-state index in [1.807, 2.05) is 24.3 Å². The van der Waals surface area contributed by atoms with Crippen molar-refractivity contribution >= 4 is 34.5 Å². The fourth-order valence-corrected chi connectivity index (χ4v) is 2.79. The molecule has 3 rings (SSSR count). The Bertz CT molecular complexity index is 1050. The van der Waals surface area contributed by atoms with Crippen LogP contribution in [0, 0.1) is 0 Å². The van der Waals surface area contributed by atoms with Gasteiger partial charge in [-0.1, -0.05) is 12.1 Å². The zero-order valence-corrected chi connectivity index (χ0v) is 16.0. The van der Waals surface area contributed by atoms with Gasteiger partial charge in [-0.05, 0) is 36.4 Å². The number of rotatable bonds is 6. The van der Waals surface area contributed by atoms with E-state index < -0.39 is 17.9 Å². The fourth-order valence-electron chi connectivity index (χ4n) is 2.79. The van der Waals surface area contributed by atoms with Crippen LogP contribution in [0.4, 0.5) is 5.69 Å². The maximum Gasteiger partial charge on any atom is 0.328 e. The van der Waals surface area contributed by atoms with Crippen LogP contribution in [0.25, 0.3) is 11.0 Å². The molecule has 1 atom stereocenters. The predicted molar refractivity (Wildman–Crippen MR) is 107 cm³/mol. The lowest BCUT2D eigenvalue weighted by Gasteiger charge is -2.16. The number of hydrogen-bond acceptors (Lipinski definition) is 6. The summed E-state index contributed by atoms with van der Waals surface area (Å²) in [5, 5.41) is 5.30. The zero-order chi connectivity index (χ0) is 20.8. The molecule has 2 amide bonds. The summed E-state index contributed by atoms with van der Waals surface area (Å²) in [4.78, 5) is 44.7. The molecule has 0 radical (unpaired) electrons. The molecule has 0 aliphatic carbocycles. The first-order valence-electron chi connectivity index (χ1n) is 8.93. The van der Waals surface area contributed by atoms with E-state index in [4.69, 9.17) is 4.74 Å². The topological polar surface area (TPSA) is 110 Å². The number of nitrogens with one attached hydrogen (secondary N) is 2. The average Bonchev–Trinajstić information content (AvgIpc) is 2.72. The lowest BCUT2D eigenvalue weighted by molar-refractivity contribution is -0.142. The monoisotopic (exact) mass is 392 g/mol. The van der Waals surface area contributed by atoms with Crippen LogP contribution < -0.4 is 10.6 Å². The maximum atomic E-state index is 12.6. The molecule has 1 aromatic heterocycles. The molecule has 2 aromatic carbocycles. The molecule has 8 nitrogen and oxygen atoms in total. The molecule has 0 unspecified atom stereocenters. The average molecular weight is 392 g/mol. The second kappa shape index (κ2) is 8.92. The molecule has 3 aromatic rings. The quantitative estimate of drug-likeness (QED) is 0.622. The molecule has 0 aliphatic rings. The number of anilines is 1. The Hall–Kier alpha value is -3.81. The van der Waals surface area contributed by atoms with E-state index in [1.54, 1.807) is 30.5 Å². The van der Waals surface area contributed by atoms with E-state index in [-0.39, 0.29) is 12.3 Å². The van der Waals surface area contributed by atoms with E-state index in [0.717, 1.165) is 5.52 Å². The fraction of sp³-hybridized carbons (Fsp3) is 0.190. The molecule has 8 heteroatoms. The molecule has 0 saturated carbocycles. The Morgan fingerprint density at radius 3 is 2.38 bits per heavy atom. The van der Waals surface area contributed by atoms with Crippen molar-refractivity contribution in [2.45, 2.75) is 19.4 Å². The number of hydrogen-bond donors (Lipinski definition) is 2. The van der Waals surface area contributed by atoms with Crippen molar-refractivity contribution in [3.05, 3.63) is 66.0 Å². The van der Waals surface area contributed by atoms with Gasteiger partial charge in [0.15, 0.2) is 0 Å². The van der Waals surface area contributed by atoms with Crippen molar-refractivity contribution in [2.24, 2.45) is 0 Å². The number of carbonyl (C=O) groups is 3. The van der Waals surface area contributed by atoms with E-state index in [9.17, 15) is 14.4 Å². The number of methoxy groups -OCH3 is 1. The lowest BCUT2D eigenvalue weighted by Crippen LogP contribution is -2.43. The molecule has 0 spiro atoms. The summed E-state index contributed by atoms with van der Waals surface area (Å²) < 4.78 is 4.82. The minimum atomic E-state index is -0.919. The van der Waals surface area contributed by atoms with Crippen LogP contribution >= 0.6 is 0 Å². The highest BCUT2D eigenvalue weighted by molar-refractivity contribution is 5.97. The SMILES string of the molecule is COC(=O)[C@@H](Cc1cnc2ccccc2n1)NC(=O)c1ccc(NC(C)=O)cc1. The summed E-state index contributed by atoms with van der Waals surface area (Å²) in [5.74, 6) is -1.23. The Morgan fingerprint density at radius 1 is 1.03 bits per heavy atom. The van der Waals surface area contributed by atoms with Gasteiger partial charge >= 0.3 is 5.97 Å². The van der Waals surface area contributed by atoms with Gasteiger partial charge in [0.05, 0.1) is 23.8 Å². The molecule has 29 heavy (non-hydrogen) atoms. The molecular weight excluding hydrogens is 372 g/mol. The Kier molecular flexibility index (Phi) is 6.13. The number of carbonyl (C=O) groups excluding carboxylic acids is 3. The molecule has 148 valence electrons. The van der Waals surface area contributed by atoms with Gasteiger partial charge in [-0.25, -0.2) is 9.78 Å². The summed E-state index contributed by atoms with van der Waals surface area (Å²) in [7, 11) is 1.26. The highest BCUT2D eigenvalue weighted by Gasteiger charge is 2.23. The van der Waals surface area contributed by atoms with E-state index >= 15 is 0 Å². The minimum absolute atomic E-state index is 0.139. The zero-order valence-electron chi connectivity index (χ0n) is 16.0. The van der Waals surface area contributed by atoms with E-state index in [2.05, 4.69) is 20.6 Å². The first-order chi connectivity index (χ1) is 14.0.